The van der Waals surface area contributed by atoms with Crippen LogP contribution in [0, 0.1) is 0 Å². The quantitative estimate of drug-likeness (QED) is 0.213. The van der Waals surface area contributed by atoms with Gasteiger partial charge in [-0.2, -0.15) is 0 Å². The smallest absolute Gasteiger partial charge is 0.171 e. The van der Waals surface area contributed by atoms with Crippen LogP contribution in [0.4, 0.5) is 17.2 Å². The van der Waals surface area contributed by atoms with Crippen molar-refractivity contribution in [2.24, 2.45) is 0 Å². The van der Waals surface area contributed by atoms with Crippen LogP contribution in [0.2, 0.25) is 0 Å². The Morgan fingerprint density at radius 1 is 0.646 bits per heavy atom. The van der Waals surface area contributed by atoms with Crippen LogP contribution in [0.5, 0.6) is 0 Å². The highest BCUT2D eigenvalue weighted by atomic mass is 15.5. The number of nitrogens with zero attached hydrogens (tertiary/aromatic N) is 4. The largest absolute Gasteiger partial charge is 0.358 e. The fraction of sp³-hybridized carbons (Fsp3) is 0.116. The van der Waals surface area contributed by atoms with Gasteiger partial charge in [-0.25, -0.2) is 9.97 Å². The van der Waals surface area contributed by atoms with Crippen LogP contribution in [0.1, 0.15) is 28.4 Å². The number of hydrogen-bond acceptors (Lipinski definition) is 4. The minimum Gasteiger partial charge on any atom is -0.358 e. The topological polar surface area (TPSA) is 48.1 Å². The van der Waals surface area contributed by atoms with Gasteiger partial charge < -0.3 is 9.88 Å². The number of aromatic nitrogens is 3. The number of benzene rings is 5. The van der Waals surface area contributed by atoms with Crippen molar-refractivity contribution in [2.75, 3.05) is 16.3 Å². The zero-order chi connectivity index (χ0) is 31.7. The van der Waals surface area contributed by atoms with E-state index in [0.29, 0.717) is 0 Å². The summed E-state index contributed by atoms with van der Waals surface area (Å²) >= 11 is 0. The molecule has 10 rings (SSSR count). The molecule has 0 spiro atoms. The van der Waals surface area contributed by atoms with E-state index in [-0.39, 0.29) is 5.92 Å². The van der Waals surface area contributed by atoms with Gasteiger partial charge in [-0.15, -0.1) is 0 Å². The summed E-state index contributed by atoms with van der Waals surface area (Å²) in [5, 5.41) is 4.62. The van der Waals surface area contributed by atoms with Crippen LogP contribution in [0.3, 0.4) is 0 Å². The fourth-order valence-electron chi connectivity index (χ4n) is 8.47. The summed E-state index contributed by atoms with van der Waals surface area (Å²) in [7, 11) is 0. The summed E-state index contributed by atoms with van der Waals surface area (Å²) in [6.07, 6.45) is 3.75. The van der Waals surface area contributed by atoms with Crippen LogP contribution < -0.4 is 9.80 Å². The van der Waals surface area contributed by atoms with Gasteiger partial charge >= 0.3 is 0 Å². The lowest BCUT2D eigenvalue weighted by Crippen LogP contribution is -2.63. The number of nitrogens with one attached hydrogen (secondary N) is 1. The molecule has 0 saturated heterocycles. The third-order valence-corrected chi connectivity index (χ3v) is 10.5. The third kappa shape index (κ3) is 3.91. The number of fused-ring (bicyclic) bond motifs is 5. The molecule has 0 aliphatic carbocycles. The molecule has 2 unspecified atom stereocenters. The molecule has 5 heteroatoms. The lowest BCUT2D eigenvalue weighted by atomic mass is 9.74. The Bertz CT molecular complexity index is 2460. The Morgan fingerprint density at radius 3 is 2.27 bits per heavy atom. The maximum atomic E-state index is 5.62. The molecule has 0 radical (unpaired) electrons. The Labute approximate surface area is 279 Å². The highest BCUT2D eigenvalue weighted by Crippen LogP contribution is 2.58. The Kier molecular flexibility index (Phi) is 5.97. The van der Waals surface area contributed by atoms with E-state index >= 15 is 0 Å². The van der Waals surface area contributed by atoms with Crippen molar-refractivity contribution in [3.63, 3.8) is 0 Å². The lowest BCUT2D eigenvalue weighted by Gasteiger charge is -2.57. The summed E-state index contributed by atoms with van der Waals surface area (Å²) in [6.45, 7) is 0.855. The van der Waals surface area contributed by atoms with Gasteiger partial charge in [0, 0.05) is 46.1 Å². The van der Waals surface area contributed by atoms with Gasteiger partial charge in [0.25, 0.3) is 0 Å². The van der Waals surface area contributed by atoms with Gasteiger partial charge in [0.1, 0.15) is 5.82 Å². The Balaban J connectivity index is 1.39. The molecule has 0 saturated carbocycles. The number of rotatable bonds is 4. The molecular formula is C43H33N5. The van der Waals surface area contributed by atoms with Gasteiger partial charge in [0.05, 0.1) is 17.1 Å². The fourth-order valence-corrected chi connectivity index (χ4v) is 8.47. The van der Waals surface area contributed by atoms with Crippen LogP contribution in [0.15, 0.2) is 152 Å². The molecule has 5 heterocycles. The van der Waals surface area contributed by atoms with E-state index in [9.17, 15) is 0 Å². The van der Waals surface area contributed by atoms with Gasteiger partial charge in [-0.05, 0) is 77.2 Å². The summed E-state index contributed by atoms with van der Waals surface area (Å²) in [4.78, 5) is 20.0. The maximum absolute atomic E-state index is 5.62. The summed E-state index contributed by atoms with van der Waals surface area (Å²) < 4.78 is 0. The number of para-hydroxylation sites is 4. The Morgan fingerprint density at radius 2 is 1.38 bits per heavy atom. The van der Waals surface area contributed by atoms with Crippen molar-refractivity contribution in [2.45, 2.75) is 24.4 Å². The normalized spacial score (nSPS) is 18.8. The molecule has 1 N–H and O–H groups in total. The van der Waals surface area contributed by atoms with E-state index in [2.05, 4.69) is 160 Å². The van der Waals surface area contributed by atoms with Crippen LogP contribution in [-0.2, 0) is 18.5 Å². The summed E-state index contributed by atoms with van der Waals surface area (Å²) in [5.41, 5.74) is 8.60. The predicted molar refractivity (Wildman–Crippen MR) is 196 cm³/mol. The molecule has 2 atom stereocenters. The first-order chi connectivity index (χ1) is 23.8. The average Bonchev–Trinajstić information content (AvgIpc) is 3.79. The van der Waals surface area contributed by atoms with Crippen molar-refractivity contribution in [1.29, 1.82) is 0 Å². The molecule has 2 aliphatic heterocycles. The average molecular weight is 620 g/mol. The van der Waals surface area contributed by atoms with Crippen molar-refractivity contribution in [1.82, 2.24) is 15.0 Å². The monoisotopic (exact) mass is 619 g/mol. The van der Waals surface area contributed by atoms with E-state index in [1.807, 2.05) is 6.20 Å². The number of H-pyrrole nitrogens is 1. The lowest BCUT2D eigenvalue weighted by molar-refractivity contribution is 0.304. The maximum Gasteiger partial charge on any atom is 0.171 e. The second-order valence-electron chi connectivity index (χ2n) is 13.0. The SMILES string of the molecule is c1ccc2c(c1)CCN2C1(c2ccc3ccccc3n2)C(c2cc3ccccc3[nH]2)Cc2ccccc2N1c1nccc2ccccc12. The molecule has 230 valence electrons. The molecule has 0 amide bonds. The van der Waals surface area contributed by atoms with Crippen LogP contribution >= 0.6 is 0 Å². The molecule has 48 heavy (non-hydrogen) atoms. The van der Waals surface area contributed by atoms with Gasteiger partial charge in [0.15, 0.2) is 5.66 Å². The van der Waals surface area contributed by atoms with E-state index in [1.165, 1.54) is 27.9 Å². The number of aromatic amines is 1. The molecule has 3 aromatic heterocycles. The van der Waals surface area contributed by atoms with Crippen LogP contribution in [0.25, 0.3) is 32.6 Å². The molecule has 0 fully saturated rings. The third-order valence-electron chi connectivity index (χ3n) is 10.5. The van der Waals surface area contributed by atoms with E-state index in [4.69, 9.17) is 9.97 Å². The van der Waals surface area contributed by atoms with E-state index in [1.54, 1.807) is 0 Å². The zero-order valence-electron chi connectivity index (χ0n) is 26.4. The van der Waals surface area contributed by atoms with E-state index < -0.39 is 5.66 Å². The van der Waals surface area contributed by atoms with Gasteiger partial charge in [-0.1, -0.05) is 103 Å². The number of pyridine rings is 2. The molecule has 5 aromatic carbocycles. The molecule has 5 nitrogen and oxygen atoms in total. The summed E-state index contributed by atoms with van der Waals surface area (Å²) in [5.74, 6) is 0.890. The number of anilines is 3. The minimum atomic E-state index is -0.789. The first-order valence-corrected chi connectivity index (χ1v) is 16.8. The molecule has 0 bridgehead atoms. The van der Waals surface area contributed by atoms with Crippen molar-refractivity contribution in [3.05, 3.63) is 174 Å². The highest BCUT2D eigenvalue weighted by molar-refractivity contribution is 5.96. The zero-order valence-corrected chi connectivity index (χ0v) is 26.4. The van der Waals surface area contributed by atoms with Gasteiger partial charge in [-0.3, -0.25) is 4.90 Å². The molecular weight excluding hydrogens is 587 g/mol. The summed E-state index contributed by atoms with van der Waals surface area (Å²) in [6, 6.07) is 52.5. The van der Waals surface area contributed by atoms with Crippen LogP contribution in [-0.4, -0.2) is 21.5 Å². The minimum absolute atomic E-state index is 0.0413. The second kappa shape index (κ2) is 10.5. The van der Waals surface area contributed by atoms with Crippen molar-refractivity contribution in [3.8, 4) is 0 Å². The predicted octanol–water partition coefficient (Wildman–Crippen LogP) is 9.66. The van der Waals surface area contributed by atoms with Crippen molar-refractivity contribution < 1.29 is 0 Å². The standard InChI is InChI=1S/C43H33N5/c1-6-16-34-29(11-1)23-25-44-42(34)48-40-20-10-5-15-33(40)27-35(38-28-32-14-3-8-18-37(32)45-38)43(48,47-26-24-31-13-4-9-19-39(31)47)41-22-21-30-12-2-7-17-36(30)46-41/h1-23,25,28,35,45H,24,26-27H2. The highest BCUT2D eigenvalue weighted by Gasteiger charge is 2.58. The Hall–Kier alpha value is -5.94. The second-order valence-corrected chi connectivity index (χ2v) is 13.0. The number of hydrogen-bond donors (Lipinski definition) is 1. The molecule has 8 aromatic rings. The first kappa shape index (κ1) is 27.2. The first-order valence-electron chi connectivity index (χ1n) is 16.8. The van der Waals surface area contributed by atoms with Gasteiger partial charge in [0.2, 0.25) is 0 Å². The van der Waals surface area contributed by atoms with E-state index in [0.717, 1.165) is 63.8 Å². The molecule has 2 aliphatic rings. The van der Waals surface area contributed by atoms with Crippen molar-refractivity contribution >= 4 is 49.8 Å².